The summed E-state index contributed by atoms with van der Waals surface area (Å²) < 4.78 is 5.76. The van der Waals surface area contributed by atoms with Gasteiger partial charge in [-0.05, 0) is 33.1 Å². The van der Waals surface area contributed by atoms with Crippen LogP contribution < -0.4 is 5.73 Å². The molecule has 1 fully saturated rings. The third kappa shape index (κ3) is 3.30. The van der Waals surface area contributed by atoms with Gasteiger partial charge in [-0.2, -0.15) is 0 Å². The second-order valence-electron chi connectivity index (χ2n) is 6.67. The van der Waals surface area contributed by atoms with E-state index in [1.807, 2.05) is 13.8 Å². The summed E-state index contributed by atoms with van der Waals surface area (Å²) in [6.45, 7) is 9.38. The van der Waals surface area contributed by atoms with E-state index in [0.717, 1.165) is 0 Å². The van der Waals surface area contributed by atoms with Crippen LogP contribution in [0.2, 0.25) is 0 Å². The number of likely N-dealkylation sites (tertiary alicyclic amines) is 1. The molecule has 2 unspecified atom stereocenters. The average Bonchev–Trinajstić information content (AvgIpc) is 2.69. The first kappa shape index (κ1) is 16.9. The number of aliphatic carboxylic acids is 1. The standard InChI is InChI=1S/C14H26N2O4/c1-9(2)10(15)11(17)16-8-6-7-14(16,12(18)19)20-13(3,4)5/h9-10H,6-8,15H2,1-5H3,(H,18,19). The summed E-state index contributed by atoms with van der Waals surface area (Å²) in [5, 5.41) is 9.61. The first-order chi connectivity index (χ1) is 9.01. The van der Waals surface area contributed by atoms with E-state index in [1.165, 1.54) is 4.90 Å². The van der Waals surface area contributed by atoms with Gasteiger partial charge in [-0.1, -0.05) is 13.8 Å². The Morgan fingerprint density at radius 1 is 1.35 bits per heavy atom. The number of ether oxygens (including phenoxy) is 1. The lowest BCUT2D eigenvalue weighted by Gasteiger charge is -2.40. The van der Waals surface area contributed by atoms with E-state index in [4.69, 9.17) is 10.5 Å². The van der Waals surface area contributed by atoms with Crippen LogP contribution in [0.5, 0.6) is 0 Å². The van der Waals surface area contributed by atoms with Crippen LogP contribution in [0.4, 0.5) is 0 Å². The van der Waals surface area contributed by atoms with Crippen LogP contribution in [0.15, 0.2) is 0 Å². The van der Waals surface area contributed by atoms with E-state index in [-0.39, 0.29) is 18.2 Å². The molecule has 0 saturated carbocycles. The van der Waals surface area contributed by atoms with Crippen molar-refractivity contribution in [2.45, 2.75) is 64.8 Å². The number of hydrogen-bond donors (Lipinski definition) is 2. The minimum Gasteiger partial charge on any atom is -0.478 e. The van der Waals surface area contributed by atoms with Crippen molar-refractivity contribution in [3.05, 3.63) is 0 Å². The van der Waals surface area contributed by atoms with Crippen LogP contribution >= 0.6 is 0 Å². The predicted octanol–water partition coefficient (Wildman–Crippen LogP) is 1.19. The molecule has 1 amide bonds. The summed E-state index contributed by atoms with van der Waals surface area (Å²) in [6.07, 6.45) is 0.884. The highest BCUT2D eigenvalue weighted by molar-refractivity contribution is 5.89. The van der Waals surface area contributed by atoms with Gasteiger partial charge in [0.1, 0.15) is 0 Å². The number of amides is 1. The second kappa shape index (κ2) is 5.69. The molecule has 2 atom stereocenters. The lowest BCUT2D eigenvalue weighted by atomic mass is 10.0. The number of nitrogens with zero attached hydrogens (tertiary/aromatic N) is 1. The number of carboxylic acid groups (broad SMARTS) is 1. The Balaban J connectivity index is 3.10. The predicted molar refractivity (Wildman–Crippen MR) is 75.0 cm³/mol. The second-order valence-corrected chi connectivity index (χ2v) is 6.67. The Hall–Kier alpha value is -1.14. The van der Waals surface area contributed by atoms with Crippen molar-refractivity contribution in [3.63, 3.8) is 0 Å². The summed E-state index contributed by atoms with van der Waals surface area (Å²) >= 11 is 0. The lowest BCUT2D eigenvalue weighted by molar-refractivity contribution is -0.219. The fourth-order valence-corrected chi connectivity index (χ4v) is 2.42. The number of carbonyl (C=O) groups is 2. The Morgan fingerprint density at radius 2 is 1.90 bits per heavy atom. The summed E-state index contributed by atoms with van der Waals surface area (Å²) in [5.41, 5.74) is 3.63. The number of nitrogens with two attached hydrogens (primary N) is 1. The van der Waals surface area contributed by atoms with Gasteiger partial charge < -0.3 is 20.5 Å². The van der Waals surface area contributed by atoms with Gasteiger partial charge in [-0.3, -0.25) is 4.79 Å². The van der Waals surface area contributed by atoms with Crippen LogP contribution in [0.3, 0.4) is 0 Å². The minimum atomic E-state index is -1.60. The van der Waals surface area contributed by atoms with Crippen LogP contribution in [0, 0.1) is 5.92 Å². The molecule has 0 aromatic rings. The van der Waals surface area contributed by atoms with Gasteiger partial charge in [0.15, 0.2) is 0 Å². The Labute approximate surface area is 120 Å². The van der Waals surface area contributed by atoms with Crippen LogP contribution in [0.1, 0.15) is 47.5 Å². The average molecular weight is 286 g/mol. The van der Waals surface area contributed by atoms with Crippen molar-refractivity contribution >= 4 is 11.9 Å². The summed E-state index contributed by atoms with van der Waals surface area (Å²) in [6, 6.07) is -0.713. The number of carbonyl (C=O) groups excluding carboxylic acids is 1. The minimum absolute atomic E-state index is 0.0516. The molecule has 1 saturated heterocycles. The van der Waals surface area contributed by atoms with Crippen LogP contribution in [0.25, 0.3) is 0 Å². The lowest BCUT2D eigenvalue weighted by Crippen LogP contribution is -2.61. The quantitative estimate of drug-likeness (QED) is 0.809. The SMILES string of the molecule is CC(C)C(N)C(=O)N1CCCC1(OC(C)(C)C)C(=O)O. The highest BCUT2D eigenvalue weighted by atomic mass is 16.6. The molecule has 0 aromatic carbocycles. The van der Waals surface area contributed by atoms with E-state index in [2.05, 4.69) is 0 Å². The van der Waals surface area contributed by atoms with Gasteiger partial charge in [0, 0.05) is 13.0 Å². The maximum atomic E-state index is 12.5. The number of rotatable bonds is 4. The van der Waals surface area contributed by atoms with E-state index in [9.17, 15) is 14.7 Å². The molecule has 6 heteroatoms. The smallest absolute Gasteiger partial charge is 0.357 e. The van der Waals surface area contributed by atoms with Gasteiger partial charge in [-0.25, -0.2) is 4.79 Å². The molecule has 6 nitrogen and oxygen atoms in total. The molecular formula is C14H26N2O4. The number of carboxylic acids is 1. The summed E-state index contributed by atoms with van der Waals surface area (Å²) in [7, 11) is 0. The molecule has 0 spiro atoms. The zero-order valence-electron chi connectivity index (χ0n) is 13.0. The van der Waals surface area contributed by atoms with Crippen LogP contribution in [-0.4, -0.2) is 45.8 Å². The zero-order valence-corrected chi connectivity index (χ0v) is 13.0. The van der Waals surface area contributed by atoms with Crippen molar-refractivity contribution in [2.24, 2.45) is 11.7 Å². The fraction of sp³-hybridized carbons (Fsp3) is 0.857. The topological polar surface area (TPSA) is 92.9 Å². The Bertz CT molecular complexity index is 389. The molecule has 0 aliphatic carbocycles. The maximum Gasteiger partial charge on any atom is 0.357 e. The molecule has 0 bridgehead atoms. The van der Waals surface area contributed by atoms with E-state index in [0.29, 0.717) is 13.0 Å². The third-order valence-electron chi connectivity index (χ3n) is 3.41. The highest BCUT2D eigenvalue weighted by Crippen LogP contribution is 2.35. The zero-order chi connectivity index (χ0) is 15.7. The molecule has 1 aliphatic heterocycles. The highest BCUT2D eigenvalue weighted by Gasteiger charge is 2.54. The van der Waals surface area contributed by atoms with Crippen molar-refractivity contribution in [1.82, 2.24) is 4.90 Å². The van der Waals surface area contributed by atoms with Gasteiger partial charge in [0.2, 0.25) is 11.6 Å². The molecule has 20 heavy (non-hydrogen) atoms. The molecule has 1 rings (SSSR count). The van der Waals surface area contributed by atoms with Crippen molar-refractivity contribution < 1.29 is 19.4 Å². The molecule has 3 N–H and O–H groups in total. The van der Waals surface area contributed by atoms with E-state index >= 15 is 0 Å². The molecular weight excluding hydrogens is 260 g/mol. The number of hydrogen-bond acceptors (Lipinski definition) is 4. The summed E-state index contributed by atoms with van der Waals surface area (Å²) in [5.74, 6) is -1.54. The van der Waals surface area contributed by atoms with Crippen LogP contribution in [-0.2, 0) is 14.3 Å². The molecule has 0 aromatic heterocycles. The largest absolute Gasteiger partial charge is 0.478 e. The Kier molecular flexibility index (Phi) is 4.82. The van der Waals surface area contributed by atoms with Crippen molar-refractivity contribution in [1.29, 1.82) is 0 Å². The molecule has 0 radical (unpaired) electrons. The maximum absolute atomic E-state index is 12.5. The van der Waals surface area contributed by atoms with Gasteiger partial charge in [-0.15, -0.1) is 0 Å². The summed E-state index contributed by atoms with van der Waals surface area (Å²) in [4.78, 5) is 25.5. The third-order valence-corrected chi connectivity index (χ3v) is 3.41. The van der Waals surface area contributed by atoms with Gasteiger partial charge in [0.25, 0.3) is 0 Å². The molecule has 116 valence electrons. The van der Waals surface area contributed by atoms with Gasteiger partial charge in [0.05, 0.1) is 11.6 Å². The molecule has 1 heterocycles. The van der Waals surface area contributed by atoms with Crippen molar-refractivity contribution in [3.8, 4) is 0 Å². The van der Waals surface area contributed by atoms with Gasteiger partial charge >= 0.3 is 5.97 Å². The first-order valence-electron chi connectivity index (χ1n) is 7.02. The first-order valence-corrected chi connectivity index (χ1v) is 7.02. The fourth-order valence-electron chi connectivity index (χ4n) is 2.42. The Morgan fingerprint density at radius 3 is 2.30 bits per heavy atom. The normalized spacial score (nSPS) is 25.1. The molecule has 1 aliphatic rings. The monoisotopic (exact) mass is 286 g/mol. The van der Waals surface area contributed by atoms with E-state index < -0.39 is 23.3 Å². The van der Waals surface area contributed by atoms with Crippen molar-refractivity contribution in [2.75, 3.05) is 6.54 Å². The van der Waals surface area contributed by atoms with E-state index in [1.54, 1.807) is 20.8 Å².